The fourth-order valence-corrected chi connectivity index (χ4v) is 4.27. The molecule has 27 heavy (non-hydrogen) atoms. The van der Waals surface area contributed by atoms with E-state index in [-0.39, 0.29) is 11.8 Å². The van der Waals surface area contributed by atoms with Crippen LogP contribution in [0.4, 0.5) is 0 Å². The SMILES string of the molecule is COCCNC(=O)C1CN2CCC1CC2Cn1cc(-c2ccccn2)nn1. The van der Waals surface area contributed by atoms with Gasteiger partial charge in [-0.05, 0) is 37.4 Å². The third-order valence-corrected chi connectivity index (χ3v) is 5.68. The van der Waals surface area contributed by atoms with Gasteiger partial charge >= 0.3 is 0 Å². The second kappa shape index (κ2) is 8.14. The zero-order valence-electron chi connectivity index (χ0n) is 15.6. The molecule has 3 saturated heterocycles. The van der Waals surface area contributed by atoms with Crippen molar-refractivity contribution in [1.82, 2.24) is 30.2 Å². The second-order valence-electron chi connectivity index (χ2n) is 7.36. The summed E-state index contributed by atoms with van der Waals surface area (Å²) in [6.45, 7) is 3.82. The van der Waals surface area contributed by atoms with E-state index in [1.165, 1.54) is 0 Å². The van der Waals surface area contributed by atoms with Crippen molar-refractivity contribution in [3.63, 3.8) is 0 Å². The Morgan fingerprint density at radius 3 is 3.04 bits per heavy atom. The number of aromatic nitrogens is 4. The van der Waals surface area contributed by atoms with Gasteiger partial charge in [-0.3, -0.25) is 19.4 Å². The van der Waals surface area contributed by atoms with Gasteiger partial charge in [0, 0.05) is 32.4 Å². The highest BCUT2D eigenvalue weighted by atomic mass is 16.5. The molecule has 8 nitrogen and oxygen atoms in total. The van der Waals surface area contributed by atoms with Crippen LogP contribution in [0.5, 0.6) is 0 Å². The van der Waals surface area contributed by atoms with Gasteiger partial charge in [0.05, 0.1) is 31.0 Å². The predicted octanol–water partition coefficient (Wildman–Crippen LogP) is 0.813. The summed E-state index contributed by atoms with van der Waals surface area (Å²) in [5.41, 5.74) is 1.63. The van der Waals surface area contributed by atoms with E-state index in [1.807, 2.05) is 29.1 Å². The maximum atomic E-state index is 12.5. The first-order valence-electron chi connectivity index (χ1n) is 9.57. The van der Waals surface area contributed by atoms with Crippen LogP contribution >= 0.6 is 0 Å². The van der Waals surface area contributed by atoms with Gasteiger partial charge in [0.25, 0.3) is 0 Å². The zero-order chi connectivity index (χ0) is 18.6. The molecule has 2 bridgehead atoms. The predicted molar refractivity (Wildman–Crippen MR) is 99.7 cm³/mol. The van der Waals surface area contributed by atoms with Gasteiger partial charge in [-0.2, -0.15) is 0 Å². The van der Waals surface area contributed by atoms with Crippen LogP contribution in [0.1, 0.15) is 12.8 Å². The second-order valence-corrected chi connectivity index (χ2v) is 7.36. The van der Waals surface area contributed by atoms with Gasteiger partial charge < -0.3 is 10.1 Å². The van der Waals surface area contributed by atoms with Crippen molar-refractivity contribution in [2.45, 2.75) is 25.4 Å². The van der Waals surface area contributed by atoms with Crippen LogP contribution in [0, 0.1) is 11.8 Å². The van der Waals surface area contributed by atoms with Crippen LogP contribution in [0.2, 0.25) is 0 Å². The fraction of sp³-hybridized carbons (Fsp3) is 0.579. The Kier molecular flexibility index (Phi) is 5.45. The lowest BCUT2D eigenvalue weighted by Crippen LogP contribution is -2.58. The van der Waals surface area contributed by atoms with E-state index in [0.717, 1.165) is 43.9 Å². The lowest BCUT2D eigenvalue weighted by Gasteiger charge is -2.49. The molecule has 8 heteroatoms. The van der Waals surface area contributed by atoms with E-state index in [9.17, 15) is 4.79 Å². The van der Waals surface area contributed by atoms with Crippen molar-refractivity contribution in [2.24, 2.45) is 11.8 Å². The highest BCUT2D eigenvalue weighted by Gasteiger charge is 2.43. The molecule has 4 unspecified atom stereocenters. The lowest BCUT2D eigenvalue weighted by molar-refractivity contribution is -0.133. The van der Waals surface area contributed by atoms with Gasteiger partial charge in [0.2, 0.25) is 5.91 Å². The maximum absolute atomic E-state index is 12.5. The molecule has 1 amide bonds. The summed E-state index contributed by atoms with van der Waals surface area (Å²) in [5, 5.41) is 11.5. The average Bonchev–Trinajstić information content (AvgIpc) is 3.18. The molecule has 0 aromatic carbocycles. The van der Waals surface area contributed by atoms with Crippen LogP contribution in [0.15, 0.2) is 30.6 Å². The minimum Gasteiger partial charge on any atom is -0.383 e. The first kappa shape index (κ1) is 18.1. The van der Waals surface area contributed by atoms with Gasteiger partial charge in [-0.25, -0.2) is 0 Å². The van der Waals surface area contributed by atoms with Crippen molar-refractivity contribution in [3.05, 3.63) is 30.6 Å². The minimum atomic E-state index is 0.0895. The number of fused-ring (bicyclic) bond motifs is 3. The number of carbonyl (C=O) groups is 1. The topological polar surface area (TPSA) is 85.2 Å². The highest BCUT2D eigenvalue weighted by Crippen LogP contribution is 2.37. The summed E-state index contributed by atoms with van der Waals surface area (Å²) in [5.74, 6) is 0.700. The average molecular weight is 370 g/mol. The molecule has 4 atom stereocenters. The Hall–Kier alpha value is -2.32. The zero-order valence-corrected chi connectivity index (χ0v) is 15.6. The molecule has 144 valence electrons. The molecule has 0 radical (unpaired) electrons. The molecule has 5 rings (SSSR count). The van der Waals surface area contributed by atoms with Crippen LogP contribution in [-0.4, -0.2) is 70.2 Å². The molecule has 1 N–H and O–H groups in total. The quantitative estimate of drug-likeness (QED) is 0.726. The molecule has 0 spiro atoms. The van der Waals surface area contributed by atoms with Gasteiger partial charge in [0.1, 0.15) is 5.69 Å². The lowest BCUT2D eigenvalue weighted by atomic mass is 9.75. The van der Waals surface area contributed by atoms with Crippen LogP contribution in [0.3, 0.4) is 0 Å². The summed E-state index contributed by atoms with van der Waals surface area (Å²) in [7, 11) is 1.65. The van der Waals surface area contributed by atoms with Crippen molar-refractivity contribution in [2.75, 3.05) is 33.4 Å². The molecule has 0 aliphatic carbocycles. The van der Waals surface area contributed by atoms with Crippen molar-refractivity contribution < 1.29 is 9.53 Å². The summed E-state index contributed by atoms with van der Waals surface area (Å²) >= 11 is 0. The van der Waals surface area contributed by atoms with Crippen LogP contribution in [0.25, 0.3) is 11.4 Å². The van der Waals surface area contributed by atoms with Crippen LogP contribution in [-0.2, 0) is 16.1 Å². The maximum Gasteiger partial charge on any atom is 0.224 e. The van der Waals surface area contributed by atoms with Gasteiger partial charge in [0.15, 0.2) is 0 Å². The number of hydrogen-bond acceptors (Lipinski definition) is 6. The molecule has 5 heterocycles. The van der Waals surface area contributed by atoms with E-state index in [2.05, 4.69) is 25.5 Å². The number of hydrogen-bond donors (Lipinski definition) is 1. The summed E-state index contributed by atoms with van der Waals surface area (Å²) in [6.07, 6.45) is 5.84. The number of rotatable bonds is 7. The Morgan fingerprint density at radius 1 is 1.37 bits per heavy atom. The molecule has 3 fully saturated rings. The minimum absolute atomic E-state index is 0.0895. The normalized spacial score (nSPS) is 26.9. The van der Waals surface area contributed by atoms with E-state index >= 15 is 0 Å². The van der Waals surface area contributed by atoms with Crippen molar-refractivity contribution in [3.8, 4) is 11.4 Å². The van der Waals surface area contributed by atoms with E-state index in [4.69, 9.17) is 4.74 Å². The van der Waals surface area contributed by atoms with Crippen molar-refractivity contribution in [1.29, 1.82) is 0 Å². The fourth-order valence-electron chi connectivity index (χ4n) is 4.27. The van der Waals surface area contributed by atoms with Gasteiger partial charge in [-0.15, -0.1) is 5.10 Å². The molecule has 2 aromatic heterocycles. The highest BCUT2D eigenvalue weighted by molar-refractivity contribution is 5.79. The van der Waals surface area contributed by atoms with E-state index < -0.39 is 0 Å². The number of carbonyl (C=O) groups excluding carboxylic acids is 1. The smallest absolute Gasteiger partial charge is 0.224 e. The standard InChI is InChI=1S/C19H26N6O2/c1-27-9-7-21-19(26)16-12-24-8-5-14(16)10-15(24)11-25-13-18(22-23-25)17-4-2-3-6-20-17/h2-4,6,13-16H,5,7-12H2,1H3,(H,21,26). The van der Waals surface area contributed by atoms with E-state index in [1.54, 1.807) is 13.3 Å². The monoisotopic (exact) mass is 370 g/mol. The molecule has 3 aliphatic heterocycles. The number of amides is 1. The summed E-state index contributed by atoms with van der Waals surface area (Å²) in [4.78, 5) is 19.2. The third kappa shape index (κ3) is 4.01. The molecule has 3 aliphatic rings. The van der Waals surface area contributed by atoms with Crippen molar-refractivity contribution >= 4 is 5.91 Å². The number of nitrogens with one attached hydrogen (secondary N) is 1. The Balaban J connectivity index is 1.36. The number of methoxy groups -OCH3 is 1. The Labute approximate surface area is 158 Å². The molecule has 0 saturated carbocycles. The summed E-state index contributed by atoms with van der Waals surface area (Å²) < 4.78 is 6.92. The molecule has 2 aromatic rings. The first-order valence-corrected chi connectivity index (χ1v) is 9.57. The molecular formula is C19H26N6O2. The first-order chi connectivity index (χ1) is 13.2. The molecular weight excluding hydrogens is 344 g/mol. The van der Waals surface area contributed by atoms with Gasteiger partial charge in [-0.1, -0.05) is 11.3 Å². The Bertz CT molecular complexity index is 765. The number of ether oxygens (including phenoxy) is 1. The number of pyridine rings is 1. The summed E-state index contributed by atoms with van der Waals surface area (Å²) in [6, 6.07) is 6.19. The van der Waals surface area contributed by atoms with E-state index in [0.29, 0.717) is 25.1 Å². The van der Waals surface area contributed by atoms with Crippen LogP contribution < -0.4 is 5.32 Å². The number of nitrogens with zero attached hydrogens (tertiary/aromatic N) is 5. The number of piperidine rings is 3. The third-order valence-electron chi connectivity index (χ3n) is 5.68. The Morgan fingerprint density at radius 2 is 2.30 bits per heavy atom. The largest absolute Gasteiger partial charge is 0.383 e.